The molecule has 1 aliphatic heterocycles. The van der Waals surface area contributed by atoms with Gasteiger partial charge in [0.15, 0.2) is 0 Å². The van der Waals surface area contributed by atoms with Gasteiger partial charge in [-0.1, -0.05) is 15.9 Å². The summed E-state index contributed by atoms with van der Waals surface area (Å²) in [6.45, 7) is 4.02. The van der Waals surface area contributed by atoms with Gasteiger partial charge in [-0.2, -0.15) is 0 Å². The number of hydrogen-bond acceptors (Lipinski definition) is 1. The maximum Gasteiger partial charge on any atom is 0.251 e. The summed E-state index contributed by atoms with van der Waals surface area (Å²) in [7, 11) is 0. The molecule has 2 nitrogen and oxygen atoms in total. The lowest BCUT2D eigenvalue weighted by Crippen LogP contribution is -2.39. The van der Waals surface area contributed by atoms with Gasteiger partial charge in [-0.25, -0.2) is 0 Å². The zero-order valence-electron chi connectivity index (χ0n) is 8.23. The summed E-state index contributed by atoms with van der Waals surface area (Å²) in [4.78, 5) is 11.7. The Morgan fingerprint density at radius 3 is 2.93 bits per heavy atom. The highest BCUT2D eigenvalue weighted by Gasteiger charge is 2.23. The molecule has 0 aromatic heterocycles. The van der Waals surface area contributed by atoms with Crippen molar-refractivity contribution in [1.82, 2.24) is 5.32 Å². The Bertz CT molecular complexity index is 401. The molecule has 1 amide bonds. The highest BCUT2D eigenvalue weighted by atomic mass is 79.9. The van der Waals surface area contributed by atoms with E-state index in [1.54, 1.807) is 0 Å². The van der Waals surface area contributed by atoms with Crippen molar-refractivity contribution in [3.63, 3.8) is 0 Å². The van der Waals surface area contributed by atoms with Gasteiger partial charge in [0.1, 0.15) is 0 Å². The van der Waals surface area contributed by atoms with Gasteiger partial charge in [0.25, 0.3) is 5.91 Å². The van der Waals surface area contributed by atoms with Crippen LogP contribution in [0.3, 0.4) is 0 Å². The zero-order valence-corrected chi connectivity index (χ0v) is 9.81. The molecular formula is C11H12BrNO. The summed E-state index contributed by atoms with van der Waals surface area (Å²) in [6, 6.07) is 4.24. The molecule has 74 valence electrons. The zero-order chi connectivity index (χ0) is 10.3. The second kappa shape index (κ2) is 3.39. The number of hydrogen-bond donors (Lipinski definition) is 1. The average Bonchev–Trinajstić information content (AvgIpc) is 2.07. The number of nitrogens with one attached hydrogen (secondary N) is 1. The van der Waals surface area contributed by atoms with E-state index in [9.17, 15) is 4.79 Å². The minimum Gasteiger partial charge on any atom is -0.349 e. The third-order valence-electron chi connectivity index (χ3n) is 2.47. The fraction of sp³-hybridized carbons (Fsp3) is 0.364. The predicted molar refractivity (Wildman–Crippen MR) is 59.5 cm³/mol. The van der Waals surface area contributed by atoms with Crippen LogP contribution < -0.4 is 5.32 Å². The number of halogens is 1. The Labute approximate surface area is 91.8 Å². The van der Waals surface area contributed by atoms with Crippen LogP contribution in [0.2, 0.25) is 0 Å². The van der Waals surface area contributed by atoms with Crippen molar-refractivity contribution < 1.29 is 4.79 Å². The molecule has 14 heavy (non-hydrogen) atoms. The number of fused-ring (bicyclic) bond motifs is 1. The Morgan fingerprint density at radius 2 is 2.21 bits per heavy atom. The Balaban J connectivity index is 2.59. The van der Waals surface area contributed by atoms with Crippen molar-refractivity contribution in [2.75, 3.05) is 0 Å². The van der Waals surface area contributed by atoms with Crippen molar-refractivity contribution in [2.45, 2.75) is 26.3 Å². The van der Waals surface area contributed by atoms with Crippen molar-refractivity contribution in [3.05, 3.63) is 33.3 Å². The molecule has 1 heterocycles. The molecule has 0 spiro atoms. The van der Waals surface area contributed by atoms with Gasteiger partial charge in [-0.3, -0.25) is 4.79 Å². The Morgan fingerprint density at radius 1 is 1.50 bits per heavy atom. The first-order valence-corrected chi connectivity index (χ1v) is 5.47. The van der Waals surface area contributed by atoms with E-state index in [1.807, 2.05) is 19.9 Å². The first-order valence-electron chi connectivity index (χ1n) is 4.68. The molecule has 1 N–H and O–H groups in total. The maximum absolute atomic E-state index is 11.7. The molecule has 0 saturated heterocycles. The first-order chi connectivity index (χ1) is 6.58. The van der Waals surface area contributed by atoms with Crippen molar-refractivity contribution in [2.24, 2.45) is 0 Å². The number of aryl methyl sites for hydroxylation is 1. The summed E-state index contributed by atoms with van der Waals surface area (Å²) in [5.41, 5.74) is 3.06. The van der Waals surface area contributed by atoms with E-state index in [0.29, 0.717) is 0 Å². The molecule has 1 aromatic carbocycles. The molecule has 0 fully saturated rings. The smallest absolute Gasteiger partial charge is 0.251 e. The second-order valence-corrected chi connectivity index (χ2v) is 4.71. The average molecular weight is 254 g/mol. The van der Waals surface area contributed by atoms with Crippen LogP contribution in [0.25, 0.3) is 0 Å². The summed E-state index contributed by atoms with van der Waals surface area (Å²) in [5, 5.41) is 2.93. The molecule has 2 rings (SSSR count). The van der Waals surface area contributed by atoms with Crippen molar-refractivity contribution in [3.8, 4) is 0 Å². The standard InChI is InChI=1S/C11H12BrNO/c1-6-3-9-8(10(12)4-6)5-7(2)13-11(9)14/h3-4,7H,5H2,1-2H3,(H,13,14). The molecule has 1 unspecified atom stereocenters. The van der Waals surface area contributed by atoms with Gasteiger partial charge < -0.3 is 5.32 Å². The normalized spacial score (nSPS) is 20.2. The molecular weight excluding hydrogens is 242 g/mol. The molecule has 1 atom stereocenters. The van der Waals surface area contributed by atoms with E-state index in [2.05, 4.69) is 27.3 Å². The molecule has 3 heteroatoms. The lowest BCUT2D eigenvalue weighted by molar-refractivity contribution is 0.0929. The highest BCUT2D eigenvalue weighted by molar-refractivity contribution is 9.10. The van der Waals surface area contributed by atoms with Crippen LogP contribution in [-0.4, -0.2) is 11.9 Å². The third-order valence-corrected chi connectivity index (χ3v) is 3.18. The van der Waals surface area contributed by atoms with Gasteiger partial charge in [0.05, 0.1) is 0 Å². The van der Waals surface area contributed by atoms with Crippen molar-refractivity contribution >= 4 is 21.8 Å². The molecule has 0 aliphatic carbocycles. The Kier molecular flexibility index (Phi) is 2.35. The van der Waals surface area contributed by atoms with E-state index >= 15 is 0 Å². The second-order valence-electron chi connectivity index (χ2n) is 3.85. The number of carbonyl (C=O) groups is 1. The highest BCUT2D eigenvalue weighted by Crippen LogP contribution is 2.26. The van der Waals surface area contributed by atoms with E-state index in [1.165, 1.54) is 0 Å². The monoisotopic (exact) mass is 253 g/mol. The molecule has 1 aromatic rings. The minimum atomic E-state index is 0.0446. The first kappa shape index (κ1) is 9.71. The molecule has 0 saturated carbocycles. The van der Waals surface area contributed by atoms with E-state index < -0.39 is 0 Å². The molecule has 1 aliphatic rings. The van der Waals surface area contributed by atoms with Gasteiger partial charge in [0.2, 0.25) is 0 Å². The number of carbonyl (C=O) groups excluding carboxylic acids is 1. The quantitative estimate of drug-likeness (QED) is 0.756. The lowest BCUT2D eigenvalue weighted by Gasteiger charge is -2.23. The lowest BCUT2D eigenvalue weighted by atomic mass is 9.94. The molecule has 0 bridgehead atoms. The van der Waals surface area contributed by atoms with Crippen LogP contribution >= 0.6 is 15.9 Å². The summed E-state index contributed by atoms with van der Waals surface area (Å²) < 4.78 is 1.05. The fourth-order valence-corrected chi connectivity index (χ4v) is 2.58. The van der Waals surface area contributed by atoms with Crippen molar-refractivity contribution in [1.29, 1.82) is 0 Å². The number of amides is 1. The van der Waals surface area contributed by atoms with Crippen LogP contribution in [0.1, 0.15) is 28.4 Å². The fourth-order valence-electron chi connectivity index (χ4n) is 1.84. The SMILES string of the molecule is Cc1cc(Br)c2c(c1)C(=O)NC(C)C2. The van der Waals surface area contributed by atoms with Gasteiger partial charge >= 0.3 is 0 Å². The van der Waals surface area contributed by atoms with E-state index in [0.717, 1.165) is 27.6 Å². The van der Waals surface area contributed by atoms with Crippen LogP contribution in [0.4, 0.5) is 0 Å². The largest absolute Gasteiger partial charge is 0.349 e. The van der Waals surface area contributed by atoms with Crippen LogP contribution in [0.15, 0.2) is 16.6 Å². The van der Waals surface area contributed by atoms with E-state index in [-0.39, 0.29) is 11.9 Å². The van der Waals surface area contributed by atoms with E-state index in [4.69, 9.17) is 0 Å². The van der Waals surface area contributed by atoms with Crippen LogP contribution in [-0.2, 0) is 6.42 Å². The summed E-state index contributed by atoms with van der Waals surface area (Å²) in [5.74, 6) is 0.0446. The van der Waals surface area contributed by atoms with Crippen LogP contribution in [0, 0.1) is 6.92 Å². The maximum atomic E-state index is 11.7. The Hall–Kier alpha value is -0.830. The van der Waals surface area contributed by atoms with Gasteiger partial charge in [0, 0.05) is 16.1 Å². The third kappa shape index (κ3) is 1.57. The summed E-state index contributed by atoms with van der Waals surface area (Å²) >= 11 is 3.51. The number of benzene rings is 1. The minimum absolute atomic E-state index is 0.0446. The van der Waals surface area contributed by atoms with Crippen LogP contribution in [0.5, 0.6) is 0 Å². The molecule has 0 radical (unpaired) electrons. The van der Waals surface area contributed by atoms with Gasteiger partial charge in [-0.15, -0.1) is 0 Å². The summed E-state index contributed by atoms with van der Waals surface area (Å²) in [6.07, 6.45) is 0.905. The van der Waals surface area contributed by atoms with Gasteiger partial charge in [-0.05, 0) is 43.5 Å². The topological polar surface area (TPSA) is 29.1 Å². The predicted octanol–water partition coefficient (Wildman–Crippen LogP) is 2.43. The number of rotatable bonds is 0.